The Hall–Kier alpha value is -0.670. The standard InChI is InChI=1S/C16H24BrNO/c1-4-13(3)12-18(5-2)11-10-16(19)14-8-6-7-9-15(14)17/h6-9,13H,4-5,10-12H2,1-3H3. The lowest BCUT2D eigenvalue weighted by molar-refractivity contribution is 0.0961. The molecule has 1 rings (SSSR count). The van der Waals surface area contributed by atoms with Gasteiger partial charge in [-0.1, -0.05) is 61.3 Å². The van der Waals surface area contributed by atoms with Crippen LogP contribution in [-0.2, 0) is 0 Å². The second-order valence-corrected chi connectivity index (χ2v) is 5.91. The molecule has 106 valence electrons. The molecule has 1 aromatic rings. The first kappa shape index (κ1) is 16.4. The normalized spacial score (nSPS) is 12.7. The number of hydrogen-bond acceptors (Lipinski definition) is 2. The third-order valence-corrected chi connectivity index (χ3v) is 4.23. The van der Waals surface area contributed by atoms with Crippen LogP contribution in [0.15, 0.2) is 28.7 Å². The number of ketones is 1. The second kappa shape index (κ2) is 8.49. The van der Waals surface area contributed by atoms with Gasteiger partial charge in [0.15, 0.2) is 5.78 Å². The molecule has 0 aromatic heterocycles. The number of carbonyl (C=O) groups is 1. The van der Waals surface area contributed by atoms with Crippen LogP contribution < -0.4 is 0 Å². The Morgan fingerprint density at radius 2 is 2.00 bits per heavy atom. The van der Waals surface area contributed by atoms with Gasteiger partial charge in [0.1, 0.15) is 0 Å². The Labute approximate surface area is 125 Å². The fourth-order valence-corrected chi connectivity index (χ4v) is 2.54. The first-order valence-electron chi connectivity index (χ1n) is 7.08. The minimum absolute atomic E-state index is 0.218. The number of hydrogen-bond donors (Lipinski definition) is 0. The molecule has 0 spiro atoms. The highest BCUT2D eigenvalue weighted by atomic mass is 79.9. The van der Waals surface area contributed by atoms with E-state index in [9.17, 15) is 4.79 Å². The Balaban J connectivity index is 2.51. The molecule has 0 saturated heterocycles. The van der Waals surface area contributed by atoms with E-state index in [1.807, 2.05) is 24.3 Å². The second-order valence-electron chi connectivity index (χ2n) is 5.06. The Morgan fingerprint density at radius 1 is 1.32 bits per heavy atom. The molecule has 0 heterocycles. The van der Waals surface area contributed by atoms with Crippen molar-refractivity contribution in [2.75, 3.05) is 19.6 Å². The van der Waals surface area contributed by atoms with Crippen molar-refractivity contribution in [1.29, 1.82) is 0 Å². The first-order valence-corrected chi connectivity index (χ1v) is 7.87. The molecule has 0 aliphatic carbocycles. The molecule has 0 fully saturated rings. The molecule has 2 nitrogen and oxygen atoms in total. The van der Waals surface area contributed by atoms with Crippen LogP contribution in [0.5, 0.6) is 0 Å². The maximum Gasteiger partial charge on any atom is 0.165 e. The summed E-state index contributed by atoms with van der Waals surface area (Å²) in [6.45, 7) is 9.57. The van der Waals surface area contributed by atoms with E-state index in [2.05, 4.69) is 41.6 Å². The van der Waals surface area contributed by atoms with Gasteiger partial charge in [0.2, 0.25) is 0 Å². The molecule has 0 aliphatic rings. The third kappa shape index (κ3) is 5.45. The van der Waals surface area contributed by atoms with Crippen molar-refractivity contribution in [3.8, 4) is 0 Å². The summed E-state index contributed by atoms with van der Waals surface area (Å²) in [4.78, 5) is 14.5. The minimum Gasteiger partial charge on any atom is -0.303 e. The Morgan fingerprint density at radius 3 is 2.58 bits per heavy atom. The van der Waals surface area contributed by atoms with E-state index in [-0.39, 0.29) is 5.78 Å². The summed E-state index contributed by atoms with van der Waals surface area (Å²) in [6, 6.07) is 7.65. The van der Waals surface area contributed by atoms with Crippen molar-refractivity contribution < 1.29 is 4.79 Å². The fourth-order valence-electron chi connectivity index (χ4n) is 2.03. The van der Waals surface area contributed by atoms with Gasteiger partial charge in [-0.25, -0.2) is 0 Å². The monoisotopic (exact) mass is 325 g/mol. The highest BCUT2D eigenvalue weighted by molar-refractivity contribution is 9.10. The van der Waals surface area contributed by atoms with Crippen LogP contribution in [0.2, 0.25) is 0 Å². The van der Waals surface area contributed by atoms with Crippen LogP contribution in [0.25, 0.3) is 0 Å². The minimum atomic E-state index is 0.218. The molecule has 0 radical (unpaired) electrons. The van der Waals surface area contributed by atoms with Crippen LogP contribution in [-0.4, -0.2) is 30.3 Å². The van der Waals surface area contributed by atoms with Crippen molar-refractivity contribution in [2.45, 2.75) is 33.6 Å². The van der Waals surface area contributed by atoms with E-state index in [0.29, 0.717) is 12.3 Å². The van der Waals surface area contributed by atoms with Crippen molar-refractivity contribution >= 4 is 21.7 Å². The van der Waals surface area contributed by atoms with Gasteiger partial charge >= 0.3 is 0 Å². The largest absolute Gasteiger partial charge is 0.303 e. The van der Waals surface area contributed by atoms with Gasteiger partial charge in [-0.3, -0.25) is 4.79 Å². The topological polar surface area (TPSA) is 20.3 Å². The summed E-state index contributed by atoms with van der Waals surface area (Å²) < 4.78 is 0.893. The van der Waals surface area contributed by atoms with Gasteiger partial charge < -0.3 is 4.90 Å². The van der Waals surface area contributed by atoms with Crippen LogP contribution in [0.4, 0.5) is 0 Å². The van der Waals surface area contributed by atoms with Gasteiger partial charge in [-0.05, 0) is 18.5 Å². The number of carbonyl (C=O) groups excluding carboxylic acids is 1. The zero-order chi connectivity index (χ0) is 14.3. The number of Topliss-reactive ketones (excluding diaryl/α,β-unsaturated/α-hetero) is 1. The van der Waals surface area contributed by atoms with Crippen LogP contribution in [0.1, 0.15) is 44.0 Å². The quantitative estimate of drug-likeness (QED) is 0.660. The van der Waals surface area contributed by atoms with Gasteiger partial charge in [-0.15, -0.1) is 0 Å². The molecule has 0 aliphatic heterocycles. The lowest BCUT2D eigenvalue weighted by Crippen LogP contribution is -2.30. The third-order valence-electron chi connectivity index (χ3n) is 3.54. The summed E-state index contributed by atoms with van der Waals surface area (Å²) in [5.41, 5.74) is 0.794. The van der Waals surface area contributed by atoms with Crippen LogP contribution in [0.3, 0.4) is 0 Å². The summed E-state index contributed by atoms with van der Waals surface area (Å²) in [7, 11) is 0. The van der Waals surface area contributed by atoms with Crippen molar-refractivity contribution in [2.24, 2.45) is 5.92 Å². The molecular formula is C16H24BrNO. The fraction of sp³-hybridized carbons (Fsp3) is 0.562. The summed E-state index contributed by atoms with van der Waals surface area (Å²) >= 11 is 3.44. The van der Waals surface area contributed by atoms with Gasteiger partial charge in [0.25, 0.3) is 0 Å². The molecule has 0 saturated carbocycles. The Kier molecular flexibility index (Phi) is 7.32. The molecular weight excluding hydrogens is 302 g/mol. The zero-order valence-electron chi connectivity index (χ0n) is 12.2. The highest BCUT2D eigenvalue weighted by Crippen LogP contribution is 2.17. The lowest BCUT2D eigenvalue weighted by Gasteiger charge is -2.23. The van der Waals surface area contributed by atoms with E-state index in [4.69, 9.17) is 0 Å². The van der Waals surface area contributed by atoms with E-state index in [0.717, 1.165) is 29.7 Å². The van der Waals surface area contributed by atoms with Gasteiger partial charge in [-0.2, -0.15) is 0 Å². The number of benzene rings is 1. The predicted octanol–water partition coefficient (Wildman–Crippen LogP) is 4.39. The van der Waals surface area contributed by atoms with Gasteiger partial charge in [0, 0.05) is 29.5 Å². The lowest BCUT2D eigenvalue weighted by atomic mass is 10.1. The van der Waals surface area contributed by atoms with Crippen molar-refractivity contribution in [3.05, 3.63) is 34.3 Å². The average Bonchev–Trinajstić information content (AvgIpc) is 2.43. The van der Waals surface area contributed by atoms with Crippen molar-refractivity contribution in [1.82, 2.24) is 4.90 Å². The highest BCUT2D eigenvalue weighted by Gasteiger charge is 2.12. The van der Waals surface area contributed by atoms with Crippen LogP contribution >= 0.6 is 15.9 Å². The number of rotatable bonds is 8. The van der Waals surface area contributed by atoms with Gasteiger partial charge in [0.05, 0.1) is 0 Å². The SMILES string of the molecule is CCC(C)CN(CC)CCC(=O)c1ccccc1Br. The molecule has 19 heavy (non-hydrogen) atoms. The maximum atomic E-state index is 12.2. The maximum absolute atomic E-state index is 12.2. The number of halogens is 1. The van der Waals surface area contributed by atoms with Crippen LogP contribution in [0, 0.1) is 5.92 Å². The van der Waals surface area contributed by atoms with E-state index in [1.54, 1.807) is 0 Å². The van der Waals surface area contributed by atoms with E-state index < -0.39 is 0 Å². The number of nitrogens with zero attached hydrogens (tertiary/aromatic N) is 1. The van der Waals surface area contributed by atoms with Crippen molar-refractivity contribution in [3.63, 3.8) is 0 Å². The molecule has 0 N–H and O–H groups in total. The zero-order valence-corrected chi connectivity index (χ0v) is 13.7. The summed E-state index contributed by atoms with van der Waals surface area (Å²) in [5.74, 6) is 0.911. The average molecular weight is 326 g/mol. The molecule has 3 heteroatoms. The van der Waals surface area contributed by atoms with E-state index >= 15 is 0 Å². The summed E-state index contributed by atoms with van der Waals surface area (Å²) in [6.07, 6.45) is 1.78. The molecule has 0 bridgehead atoms. The molecule has 1 aromatic carbocycles. The van der Waals surface area contributed by atoms with E-state index in [1.165, 1.54) is 6.42 Å². The Bertz CT molecular complexity index is 405. The first-order chi connectivity index (χ1) is 9.08. The smallest absolute Gasteiger partial charge is 0.165 e. The molecule has 1 unspecified atom stereocenters. The summed E-state index contributed by atoms with van der Waals surface area (Å²) in [5, 5.41) is 0. The molecule has 0 amide bonds. The predicted molar refractivity (Wildman–Crippen MR) is 84.7 cm³/mol. The molecule has 1 atom stereocenters.